The normalized spacial score (nSPS) is 11.2. The van der Waals surface area contributed by atoms with Crippen molar-refractivity contribution in [2.24, 2.45) is 0 Å². The molecule has 1 aromatic rings. The van der Waals surface area contributed by atoms with Crippen LogP contribution in [0.15, 0.2) is 18.2 Å². The molecule has 0 fully saturated rings. The zero-order valence-electron chi connectivity index (χ0n) is 12.7. The number of carboxylic acid groups (broad SMARTS) is 1. The van der Waals surface area contributed by atoms with Gasteiger partial charge in [0.2, 0.25) is 0 Å². The van der Waals surface area contributed by atoms with Crippen molar-refractivity contribution in [3.05, 3.63) is 23.8 Å². The first-order chi connectivity index (χ1) is 9.88. The molecule has 118 valence electrons. The molecule has 1 rings (SSSR count). The number of aliphatic hydroxyl groups excluding tert-OH is 1. The van der Waals surface area contributed by atoms with E-state index in [0.29, 0.717) is 24.7 Å². The van der Waals surface area contributed by atoms with Gasteiger partial charge in [0, 0.05) is 12.1 Å². The van der Waals surface area contributed by atoms with Gasteiger partial charge in [0.05, 0.1) is 13.2 Å². The molecule has 0 amide bonds. The van der Waals surface area contributed by atoms with Gasteiger partial charge in [0.15, 0.2) is 18.1 Å². The Morgan fingerprint density at radius 1 is 1.29 bits per heavy atom. The zero-order chi connectivity index (χ0) is 15.9. The minimum absolute atomic E-state index is 0.0329. The van der Waals surface area contributed by atoms with E-state index in [9.17, 15) is 9.90 Å². The Bertz CT molecular complexity index is 473. The van der Waals surface area contributed by atoms with Gasteiger partial charge in [-0.25, -0.2) is 4.79 Å². The van der Waals surface area contributed by atoms with Gasteiger partial charge in [-0.05, 0) is 38.5 Å². The fourth-order valence-corrected chi connectivity index (χ4v) is 1.59. The second kappa shape index (κ2) is 7.85. The van der Waals surface area contributed by atoms with Crippen molar-refractivity contribution in [3.8, 4) is 11.5 Å². The fourth-order valence-electron chi connectivity index (χ4n) is 1.59. The van der Waals surface area contributed by atoms with Gasteiger partial charge in [-0.3, -0.25) is 0 Å². The molecule has 6 heteroatoms. The van der Waals surface area contributed by atoms with Crippen molar-refractivity contribution in [3.63, 3.8) is 0 Å². The first kappa shape index (κ1) is 17.3. The molecule has 0 atom stereocenters. The number of hydrogen-bond acceptors (Lipinski definition) is 5. The summed E-state index contributed by atoms with van der Waals surface area (Å²) in [4.78, 5) is 10.6. The number of nitrogens with one attached hydrogen (secondary N) is 1. The fraction of sp³-hybridized carbons (Fsp3) is 0.533. The largest absolute Gasteiger partial charge is 0.490 e. The van der Waals surface area contributed by atoms with Crippen LogP contribution in [0.4, 0.5) is 0 Å². The summed E-state index contributed by atoms with van der Waals surface area (Å²) in [7, 11) is 0. The highest BCUT2D eigenvalue weighted by Crippen LogP contribution is 2.28. The van der Waals surface area contributed by atoms with Gasteiger partial charge in [-0.15, -0.1) is 0 Å². The van der Waals surface area contributed by atoms with Crippen LogP contribution in [-0.2, 0) is 11.3 Å². The lowest BCUT2D eigenvalue weighted by molar-refractivity contribution is -0.139. The van der Waals surface area contributed by atoms with Crippen LogP contribution in [0.1, 0.15) is 26.3 Å². The smallest absolute Gasteiger partial charge is 0.341 e. The molecule has 0 aromatic heterocycles. The van der Waals surface area contributed by atoms with Crippen LogP contribution in [0, 0.1) is 0 Å². The summed E-state index contributed by atoms with van der Waals surface area (Å²) in [5.74, 6) is -0.114. The van der Waals surface area contributed by atoms with Crippen LogP contribution in [0.5, 0.6) is 11.5 Å². The topological polar surface area (TPSA) is 88.0 Å². The second-order valence-corrected chi connectivity index (χ2v) is 5.29. The molecular weight excluding hydrogens is 274 g/mol. The van der Waals surface area contributed by atoms with E-state index in [1.807, 2.05) is 26.8 Å². The van der Waals surface area contributed by atoms with Crippen molar-refractivity contribution in [2.75, 3.05) is 19.8 Å². The van der Waals surface area contributed by atoms with Crippen molar-refractivity contribution in [1.29, 1.82) is 0 Å². The summed E-state index contributed by atoms with van der Waals surface area (Å²) in [5.41, 5.74) is 0.590. The summed E-state index contributed by atoms with van der Waals surface area (Å²) in [5, 5.41) is 21.1. The minimum Gasteiger partial charge on any atom is -0.490 e. The first-order valence-electron chi connectivity index (χ1n) is 6.84. The van der Waals surface area contributed by atoms with Gasteiger partial charge >= 0.3 is 5.97 Å². The van der Waals surface area contributed by atoms with Gasteiger partial charge in [0.1, 0.15) is 0 Å². The molecule has 0 aliphatic rings. The molecule has 0 aliphatic heterocycles. The van der Waals surface area contributed by atoms with E-state index in [0.717, 1.165) is 5.56 Å². The van der Waals surface area contributed by atoms with Crippen molar-refractivity contribution < 1.29 is 24.5 Å². The third kappa shape index (κ3) is 6.01. The number of carboxylic acids is 1. The van der Waals surface area contributed by atoms with Crippen molar-refractivity contribution >= 4 is 5.97 Å². The highest BCUT2D eigenvalue weighted by atomic mass is 16.5. The maximum atomic E-state index is 10.6. The lowest BCUT2D eigenvalue weighted by Crippen LogP contribution is -2.42. The number of hydrogen-bond donors (Lipinski definition) is 3. The number of benzene rings is 1. The summed E-state index contributed by atoms with van der Waals surface area (Å²) in [6, 6.07) is 5.33. The molecule has 0 aliphatic carbocycles. The number of aliphatic carboxylic acids is 1. The van der Waals surface area contributed by atoms with Crippen LogP contribution in [0.2, 0.25) is 0 Å². The maximum Gasteiger partial charge on any atom is 0.341 e. The van der Waals surface area contributed by atoms with E-state index in [2.05, 4.69) is 5.32 Å². The quantitative estimate of drug-likeness (QED) is 0.639. The maximum absolute atomic E-state index is 10.6. The first-order valence-corrected chi connectivity index (χ1v) is 6.84. The molecule has 1 aromatic carbocycles. The number of carbonyl (C=O) groups is 1. The average Bonchev–Trinajstić information content (AvgIpc) is 2.44. The second-order valence-electron chi connectivity index (χ2n) is 5.29. The predicted octanol–water partition coefficient (Wildman–Crippen LogP) is 1.41. The Morgan fingerprint density at radius 2 is 2.00 bits per heavy atom. The van der Waals surface area contributed by atoms with Gasteiger partial charge in [-0.1, -0.05) is 6.07 Å². The molecule has 0 spiro atoms. The molecule has 0 heterocycles. The van der Waals surface area contributed by atoms with Crippen LogP contribution >= 0.6 is 0 Å². The van der Waals surface area contributed by atoms with E-state index in [4.69, 9.17) is 14.6 Å². The predicted molar refractivity (Wildman–Crippen MR) is 78.7 cm³/mol. The highest BCUT2D eigenvalue weighted by Gasteiger charge is 2.15. The summed E-state index contributed by atoms with van der Waals surface area (Å²) < 4.78 is 10.7. The van der Waals surface area contributed by atoms with Gasteiger partial charge < -0.3 is 25.0 Å². The molecule has 0 bridgehead atoms. The molecule has 6 nitrogen and oxygen atoms in total. The highest BCUT2D eigenvalue weighted by molar-refractivity contribution is 5.68. The molecule has 0 radical (unpaired) electrons. The van der Waals surface area contributed by atoms with Crippen LogP contribution in [0.3, 0.4) is 0 Å². The Kier molecular flexibility index (Phi) is 6.45. The Balaban J connectivity index is 2.79. The van der Waals surface area contributed by atoms with Crippen LogP contribution in [-0.4, -0.2) is 41.5 Å². The van der Waals surface area contributed by atoms with Crippen molar-refractivity contribution in [2.45, 2.75) is 32.9 Å². The monoisotopic (exact) mass is 297 g/mol. The Morgan fingerprint density at radius 3 is 2.57 bits per heavy atom. The summed E-state index contributed by atoms with van der Waals surface area (Å²) in [6.07, 6.45) is 0. The molecule has 0 unspecified atom stereocenters. The van der Waals surface area contributed by atoms with Crippen LogP contribution in [0.25, 0.3) is 0 Å². The van der Waals surface area contributed by atoms with Crippen LogP contribution < -0.4 is 14.8 Å². The van der Waals surface area contributed by atoms with E-state index < -0.39 is 12.6 Å². The van der Waals surface area contributed by atoms with Gasteiger partial charge in [-0.2, -0.15) is 0 Å². The standard InChI is InChI=1S/C15H23NO5/c1-4-20-13-7-11(8-16-15(2,3)10-17)5-6-12(13)21-9-14(18)19/h5-7,16-17H,4,8-10H2,1-3H3,(H,18,19). The van der Waals surface area contributed by atoms with Gasteiger partial charge in [0.25, 0.3) is 0 Å². The van der Waals surface area contributed by atoms with E-state index in [1.165, 1.54) is 0 Å². The molecular formula is C15H23NO5. The third-order valence-electron chi connectivity index (χ3n) is 2.83. The zero-order valence-corrected chi connectivity index (χ0v) is 12.7. The minimum atomic E-state index is -1.03. The molecule has 3 N–H and O–H groups in total. The molecule has 0 saturated carbocycles. The molecule has 21 heavy (non-hydrogen) atoms. The van der Waals surface area contributed by atoms with E-state index in [-0.39, 0.29) is 12.1 Å². The number of rotatable bonds is 9. The Hall–Kier alpha value is -1.79. The van der Waals surface area contributed by atoms with Crippen molar-refractivity contribution in [1.82, 2.24) is 5.32 Å². The number of aliphatic hydroxyl groups is 1. The number of ether oxygens (including phenoxy) is 2. The third-order valence-corrected chi connectivity index (χ3v) is 2.83. The lowest BCUT2D eigenvalue weighted by Gasteiger charge is -2.23. The molecule has 0 saturated heterocycles. The van der Waals surface area contributed by atoms with E-state index in [1.54, 1.807) is 12.1 Å². The summed E-state index contributed by atoms with van der Waals surface area (Å²) >= 11 is 0. The van der Waals surface area contributed by atoms with E-state index >= 15 is 0 Å². The SMILES string of the molecule is CCOc1cc(CNC(C)(C)CO)ccc1OCC(=O)O. The lowest BCUT2D eigenvalue weighted by atomic mass is 10.1. The average molecular weight is 297 g/mol. The summed E-state index contributed by atoms with van der Waals surface area (Å²) in [6.45, 7) is 6.30. The Labute approximate surface area is 124 Å².